The largest absolute Gasteiger partial charge is 0.497 e. The van der Waals surface area contributed by atoms with E-state index in [9.17, 15) is 0 Å². The smallest absolute Gasteiger partial charge is 0.233 e. The van der Waals surface area contributed by atoms with Crippen molar-refractivity contribution in [2.45, 2.75) is 12.5 Å². The van der Waals surface area contributed by atoms with Gasteiger partial charge in [-0.2, -0.15) is 20.1 Å². The minimum absolute atomic E-state index is 0.0879. The Balaban J connectivity index is 1.19. The summed E-state index contributed by atoms with van der Waals surface area (Å²) in [7, 11) is 3.26. The number of hydrazone groups is 1. The molecule has 1 unspecified atom stereocenters. The second kappa shape index (κ2) is 12.7. The molecule has 0 saturated heterocycles. The van der Waals surface area contributed by atoms with Gasteiger partial charge in [-0.3, -0.25) is 0 Å². The molecule has 43 heavy (non-hydrogen) atoms. The van der Waals surface area contributed by atoms with Gasteiger partial charge in [-0.1, -0.05) is 35.9 Å². The highest BCUT2D eigenvalue weighted by atomic mass is 35.5. The molecule has 1 aromatic heterocycles. The van der Waals surface area contributed by atoms with Crippen molar-refractivity contribution in [1.82, 2.24) is 20.4 Å². The van der Waals surface area contributed by atoms with Gasteiger partial charge < -0.3 is 30.8 Å². The Morgan fingerprint density at radius 1 is 0.674 bits per heavy atom. The number of anilines is 6. The Kier molecular flexibility index (Phi) is 8.19. The molecule has 0 saturated carbocycles. The summed E-state index contributed by atoms with van der Waals surface area (Å²) in [5.41, 5.74) is 8.77. The van der Waals surface area contributed by atoms with Crippen molar-refractivity contribution >= 4 is 52.2 Å². The van der Waals surface area contributed by atoms with Crippen LogP contribution in [0.3, 0.4) is 0 Å². The van der Waals surface area contributed by atoms with Crippen LogP contribution in [0.5, 0.6) is 11.5 Å². The van der Waals surface area contributed by atoms with Gasteiger partial charge in [0.2, 0.25) is 17.8 Å². The summed E-state index contributed by atoms with van der Waals surface area (Å²) in [6.45, 7) is 0. The minimum Gasteiger partial charge on any atom is -0.497 e. The molecule has 0 radical (unpaired) electrons. The molecule has 11 heteroatoms. The molecule has 5 aromatic rings. The summed E-state index contributed by atoms with van der Waals surface area (Å²) in [6, 6.07) is 31.0. The van der Waals surface area contributed by atoms with Gasteiger partial charge >= 0.3 is 0 Å². The Hall–Kier alpha value is -5.35. The zero-order valence-corrected chi connectivity index (χ0v) is 24.3. The van der Waals surface area contributed by atoms with E-state index in [0.29, 0.717) is 22.9 Å². The first-order valence-corrected chi connectivity index (χ1v) is 14.0. The van der Waals surface area contributed by atoms with Crippen LogP contribution in [-0.2, 0) is 0 Å². The van der Waals surface area contributed by atoms with Gasteiger partial charge in [0.25, 0.3) is 0 Å². The van der Waals surface area contributed by atoms with E-state index in [4.69, 9.17) is 21.1 Å². The van der Waals surface area contributed by atoms with Crippen molar-refractivity contribution in [3.63, 3.8) is 0 Å². The third-order valence-electron chi connectivity index (χ3n) is 6.81. The number of rotatable bonds is 10. The van der Waals surface area contributed by atoms with Gasteiger partial charge in [0.05, 0.1) is 26.0 Å². The van der Waals surface area contributed by atoms with E-state index < -0.39 is 0 Å². The van der Waals surface area contributed by atoms with Crippen molar-refractivity contribution in [1.29, 1.82) is 0 Å². The summed E-state index contributed by atoms with van der Waals surface area (Å²) in [6.07, 6.45) is 0.765. The normalized spacial score (nSPS) is 13.9. The van der Waals surface area contributed by atoms with E-state index in [1.165, 1.54) is 0 Å². The lowest BCUT2D eigenvalue weighted by Crippen LogP contribution is -2.09. The van der Waals surface area contributed by atoms with Crippen LogP contribution < -0.4 is 30.8 Å². The maximum atomic E-state index is 6.18. The molecule has 0 spiro atoms. The van der Waals surface area contributed by atoms with E-state index >= 15 is 0 Å². The highest BCUT2D eigenvalue weighted by Gasteiger charge is 2.21. The third-order valence-corrected chi connectivity index (χ3v) is 7.04. The van der Waals surface area contributed by atoms with Crippen molar-refractivity contribution in [2.75, 3.05) is 30.2 Å². The second-order valence-electron chi connectivity index (χ2n) is 9.71. The summed E-state index contributed by atoms with van der Waals surface area (Å²) < 4.78 is 10.5. The number of hydrogen-bond donors (Lipinski definition) is 4. The van der Waals surface area contributed by atoms with Gasteiger partial charge in [0, 0.05) is 28.5 Å². The number of nitrogens with zero attached hydrogens (tertiary/aromatic N) is 4. The highest BCUT2D eigenvalue weighted by Crippen LogP contribution is 2.28. The molecule has 10 nitrogen and oxygen atoms in total. The van der Waals surface area contributed by atoms with Crippen molar-refractivity contribution < 1.29 is 9.47 Å². The number of methoxy groups -OCH3 is 2. The predicted molar refractivity (Wildman–Crippen MR) is 171 cm³/mol. The maximum Gasteiger partial charge on any atom is 0.233 e. The Morgan fingerprint density at radius 2 is 1.16 bits per heavy atom. The lowest BCUT2D eigenvalue weighted by atomic mass is 9.99. The van der Waals surface area contributed by atoms with Crippen LogP contribution >= 0.6 is 11.6 Å². The molecule has 0 bridgehead atoms. The maximum absolute atomic E-state index is 6.18. The van der Waals surface area contributed by atoms with Crippen LogP contribution in [-0.4, -0.2) is 34.9 Å². The SMILES string of the molecule is COc1ccc(Nc2nc(Nc3ccc(OC)cc3)nc(Nc3ccc(C4=NNC(c5cccc(Cl)c5)C4)cc3)n2)cc1. The van der Waals surface area contributed by atoms with E-state index in [2.05, 4.69) is 47.5 Å². The van der Waals surface area contributed by atoms with Gasteiger partial charge in [-0.15, -0.1) is 0 Å². The molecular weight excluding hydrogens is 564 g/mol. The number of halogens is 1. The fourth-order valence-electron chi connectivity index (χ4n) is 4.56. The second-order valence-corrected chi connectivity index (χ2v) is 10.2. The summed E-state index contributed by atoms with van der Waals surface area (Å²) in [4.78, 5) is 13.8. The van der Waals surface area contributed by atoms with Crippen LogP contribution in [0.2, 0.25) is 5.02 Å². The van der Waals surface area contributed by atoms with Gasteiger partial charge in [0.1, 0.15) is 11.5 Å². The highest BCUT2D eigenvalue weighted by molar-refractivity contribution is 6.30. The average molecular weight is 593 g/mol. The Morgan fingerprint density at radius 3 is 1.63 bits per heavy atom. The Labute approximate surface area is 254 Å². The summed E-state index contributed by atoms with van der Waals surface area (Å²) >= 11 is 6.18. The molecule has 216 valence electrons. The number of ether oxygens (including phenoxy) is 2. The minimum atomic E-state index is 0.0879. The molecule has 1 aliphatic heterocycles. The third kappa shape index (κ3) is 6.94. The van der Waals surface area contributed by atoms with Gasteiger partial charge in [-0.05, 0) is 83.9 Å². The van der Waals surface area contributed by atoms with Crippen LogP contribution in [0.1, 0.15) is 23.6 Å². The molecule has 2 heterocycles. The zero-order valence-electron chi connectivity index (χ0n) is 23.5. The number of aromatic nitrogens is 3. The van der Waals surface area contributed by atoms with E-state index in [1.54, 1.807) is 14.2 Å². The van der Waals surface area contributed by atoms with Crippen LogP contribution in [0.15, 0.2) is 102 Å². The van der Waals surface area contributed by atoms with Gasteiger partial charge in [0.15, 0.2) is 0 Å². The van der Waals surface area contributed by atoms with Crippen molar-refractivity contribution in [2.24, 2.45) is 5.10 Å². The van der Waals surface area contributed by atoms with E-state index in [1.807, 2.05) is 91.0 Å². The molecule has 0 amide bonds. The monoisotopic (exact) mass is 592 g/mol. The topological polar surface area (TPSA) is 118 Å². The molecule has 1 aliphatic rings. The fourth-order valence-corrected chi connectivity index (χ4v) is 4.76. The van der Waals surface area contributed by atoms with Crippen LogP contribution in [0.25, 0.3) is 0 Å². The van der Waals surface area contributed by atoms with Crippen LogP contribution in [0.4, 0.5) is 34.9 Å². The number of nitrogens with one attached hydrogen (secondary N) is 4. The van der Waals surface area contributed by atoms with Crippen LogP contribution in [0, 0.1) is 0 Å². The van der Waals surface area contributed by atoms with E-state index in [-0.39, 0.29) is 6.04 Å². The first kappa shape index (κ1) is 27.8. The average Bonchev–Trinajstić information content (AvgIpc) is 3.53. The number of benzene rings is 4. The molecule has 0 fully saturated rings. The fraction of sp³-hybridized carbons (Fsp3) is 0.125. The lowest BCUT2D eigenvalue weighted by molar-refractivity contribution is 0.415. The summed E-state index contributed by atoms with van der Waals surface area (Å²) in [5, 5.41) is 15.1. The zero-order chi connectivity index (χ0) is 29.6. The first-order valence-electron chi connectivity index (χ1n) is 13.6. The van der Waals surface area contributed by atoms with Crippen molar-refractivity contribution in [3.05, 3.63) is 113 Å². The molecule has 0 aliphatic carbocycles. The predicted octanol–water partition coefficient (Wildman–Crippen LogP) is 7.21. The molecular formula is C32H29ClN8O2. The standard InChI is InChI=1S/C32H29ClN8O2/c1-42-26-14-10-24(11-15-26)35-31-37-30(38-32(39-31)36-25-12-16-27(43-2)17-13-25)34-23-8-6-20(7-9-23)28-19-29(41-40-28)21-4-3-5-22(33)18-21/h3-18,29,41H,19H2,1-2H3,(H3,34,35,36,37,38,39). The van der Waals surface area contributed by atoms with E-state index in [0.717, 1.165) is 51.8 Å². The number of hydrogen-bond acceptors (Lipinski definition) is 10. The van der Waals surface area contributed by atoms with Gasteiger partial charge in [-0.25, -0.2) is 0 Å². The lowest BCUT2D eigenvalue weighted by Gasteiger charge is -2.12. The van der Waals surface area contributed by atoms with Crippen molar-refractivity contribution in [3.8, 4) is 11.5 Å². The Bertz CT molecular complexity index is 1660. The molecule has 1 atom stereocenters. The molecule has 4 N–H and O–H groups in total. The first-order chi connectivity index (χ1) is 21.0. The molecule has 6 rings (SSSR count). The molecule has 4 aromatic carbocycles. The summed E-state index contributed by atoms with van der Waals surface area (Å²) in [5.74, 6) is 2.62. The quantitative estimate of drug-likeness (QED) is 0.133.